The fourth-order valence-electron chi connectivity index (χ4n) is 1.20. The molecule has 3 N–H and O–H groups in total. The second-order valence-electron chi connectivity index (χ2n) is 3.14. The maximum Gasteiger partial charge on any atom is 0.331 e. The molecule has 0 aromatic rings. The first kappa shape index (κ1) is 14.1. The minimum atomic E-state index is -0.912. The Labute approximate surface area is 89.6 Å². The van der Waals surface area contributed by atoms with Crippen molar-refractivity contribution in [1.82, 2.24) is 4.90 Å². The fraction of sp³-hybridized carbons (Fsp3) is 0.700. The summed E-state index contributed by atoms with van der Waals surface area (Å²) in [6, 6.07) is 0. The summed E-state index contributed by atoms with van der Waals surface area (Å²) in [7, 11) is 0. The van der Waals surface area contributed by atoms with E-state index in [0.717, 1.165) is 0 Å². The van der Waals surface area contributed by atoms with Gasteiger partial charge in [-0.3, -0.25) is 4.90 Å². The molecule has 5 nitrogen and oxygen atoms in total. The van der Waals surface area contributed by atoms with Gasteiger partial charge in [0, 0.05) is 25.2 Å². The molecule has 0 saturated heterocycles. The summed E-state index contributed by atoms with van der Waals surface area (Å²) >= 11 is 0. The van der Waals surface area contributed by atoms with Crippen LogP contribution in [0.2, 0.25) is 0 Å². The van der Waals surface area contributed by atoms with Crippen LogP contribution < -0.4 is 0 Å². The SMILES string of the molecule is CCC(=CCN(CCO)CCO)C(=O)O. The fourth-order valence-corrected chi connectivity index (χ4v) is 1.20. The lowest BCUT2D eigenvalue weighted by Crippen LogP contribution is -2.30. The predicted octanol–water partition coefficient (Wildman–Crippen LogP) is -0.306. The predicted molar refractivity (Wildman–Crippen MR) is 56.6 cm³/mol. The van der Waals surface area contributed by atoms with Gasteiger partial charge in [-0.05, 0) is 6.42 Å². The van der Waals surface area contributed by atoms with Crippen LogP contribution in [0.1, 0.15) is 13.3 Å². The molecule has 0 radical (unpaired) electrons. The molecule has 0 aromatic heterocycles. The molecule has 5 heteroatoms. The lowest BCUT2D eigenvalue weighted by atomic mass is 10.2. The van der Waals surface area contributed by atoms with E-state index in [1.54, 1.807) is 17.9 Å². The van der Waals surface area contributed by atoms with Crippen molar-refractivity contribution in [2.24, 2.45) is 0 Å². The Kier molecular flexibility index (Phi) is 7.89. The van der Waals surface area contributed by atoms with Crippen LogP contribution in [0.5, 0.6) is 0 Å². The Bertz CT molecular complexity index is 209. The number of hydrogen-bond donors (Lipinski definition) is 3. The number of carboxylic acids is 1. The van der Waals surface area contributed by atoms with Crippen LogP contribution in [0.3, 0.4) is 0 Å². The number of nitrogens with zero attached hydrogens (tertiary/aromatic N) is 1. The largest absolute Gasteiger partial charge is 0.478 e. The molecular formula is C10H19NO4. The molecule has 0 aromatic carbocycles. The van der Waals surface area contributed by atoms with E-state index in [1.807, 2.05) is 0 Å². The summed E-state index contributed by atoms with van der Waals surface area (Å²) in [6.45, 7) is 3.10. The highest BCUT2D eigenvalue weighted by molar-refractivity contribution is 5.86. The highest BCUT2D eigenvalue weighted by Gasteiger charge is 2.06. The molecule has 0 saturated carbocycles. The van der Waals surface area contributed by atoms with Crippen molar-refractivity contribution < 1.29 is 20.1 Å². The van der Waals surface area contributed by atoms with Crippen molar-refractivity contribution in [1.29, 1.82) is 0 Å². The number of aliphatic carboxylic acids is 1. The molecule has 0 aliphatic rings. The molecule has 0 amide bonds. The third-order valence-corrected chi connectivity index (χ3v) is 2.08. The van der Waals surface area contributed by atoms with Gasteiger partial charge in [-0.1, -0.05) is 13.0 Å². The van der Waals surface area contributed by atoms with Crippen LogP contribution in [-0.2, 0) is 4.79 Å². The first-order valence-electron chi connectivity index (χ1n) is 5.02. The van der Waals surface area contributed by atoms with Crippen molar-refractivity contribution >= 4 is 5.97 Å². The van der Waals surface area contributed by atoms with E-state index in [4.69, 9.17) is 15.3 Å². The number of hydrogen-bond acceptors (Lipinski definition) is 4. The van der Waals surface area contributed by atoms with E-state index >= 15 is 0 Å². The molecule has 0 heterocycles. The van der Waals surface area contributed by atoms with Gasteiger partial charge in [0.05, 0.1) is 13.2 Å². The van der Waals surface area contributed by atoms with Gasteiger partial charge in [0.1, 0.15) is 0 Å². The van der Waals surface area contributed by atoms with Crippen LogP contribution in [-0.4, -0.2) is 59.0 Å². The van der Waals surface area contributed by atoms with Crippen molar-refractivity contribution in [3.8, 4) is 0 Å². The number of carboxylic acid groups (broad SMARTS) is 1. The Balaban J connectivity index is 4.20. The van der Waals surface area contributed by atoms with Gasteiger partial charge in [-0.25, -0.2) is 4.79 Å². The highest BCUT2D eigenvalue weighted by Crippen LogP contribution is 2.01. The molecule has 0 unspecified atom stereocenters. The topological polar surface area (TPSA) is 81.0 Å². The van der Waals surface area contributed by atoms with Crippen molar-refractivity contribution in [2.75, 3.05) is 32.8 Å². The van der Waals surface area contributed by atoms with E-state index in [0.29, 0.717) is 31.6 Å². The Morgan fingerprint density at radius 2 is 1.80 bits per heavy atom. The van der Waals surface area contributed by atoms with Crippen LogP contribution >= 0.6 is 0 Å². The second kappa shape index (κ2) is 8.40. The molecule has 0 rings (SSSR count). The maximum atomic E-state index is 10.7. The van der Waals surface area contributed by atoms with E-state index in [-0.39, 0.29) is 13.2 Å². The first-order chi connectivity index (χ1) is 7.15. The molecule has 0 fully saturated rings. The normalized spacial score (nSPS) is 12.1. The summed E-state index contributed by atoms with van der Waals surface area (Å²) in [5, 5.41) is 26.2. The summed E-state index contributed by atoms with van der Waals surface area (Å²) < 4.78 is 0. The van der Waals surface area contributed by atoms with Crippen LogP contribution in [0, 0.1) is 0 Å². The third-order valence-electron chi connectivity index (χ3n) is 2.08. The average molecular weight is 217 g/mol. The minimum Gasteiger partial charge on any atom is -0.478 e. The standard InChI is InChI=1S/C10H19NO4/c1-2-9(10(14)15)3-4-11(5-7-12)6-8-13/h3,12-13H,2,4-8H2,1H3,(H,14,15). The van der Waals surface area contributed by atoms with Gasteiger partial charge < -0.3 is 15.3 Å². The lowest BCUT2D eigenvalue weighted by molar-refractivity contribution is -0.132. The third kappa shape index (κ3) is 6.22. The number of carbonyl (C=O) groups is 1. The zero-order valence-electron chi connectivity index (χ0n) is 9.02. The first-order valence-corrected chi connectivity index (χ1v) is 5.02. The lowest BCUT2D eigenvalue weighted by Gasteiger charge is -2.18. The summed E-state index contributed by atoms with van der Waals surface area (Å²) in [4.78, 5) is 12.5. The minimum absolute atomic E-state index is 0.00235. The Hall–Kier alpha value is -0.910. The number of aliphatic hydroxyl groups is 2. The quantitative estimate of drug-likeness (QED) is 0.486. The van der Waals surface area contributed by atoms with Crippen molar-refractivity contribution in [2.45, 2.75) is 13.3 Å². The highest BCUT2D eigenvalue weighted by atomic mass is 16.4. The van der Waals surface area contributed by atoms with Gasteiger partial charge in [-0.15, -0.1) is 0 Å². The van der Waals surface area contributed by atoms with Crippen molar-refractivity contribution in [3.05, 3.63) is 11.6 Å². The molecular weight excluding hydrogens is 198 g/mol. The van der Waals surface area contributed by atoms with Gasteiger partial charge in [0.25, 0.3) is 0 Å². The molecule has 0 aliphatic heterocycles. The average Bonchev–Trinajstić information content (AvgIpc) is 2.18. The maximum absolute atomic E-state index is 10.7. The van der Waals surface area contributed by atoms with Crippen LogP contribution in [0.25, 0.3) is 0 Å². The summed E-state index contributed by atoms with van der Waals surface area (Å²) in [5.41, 5.74) is 0.357. The van der Waals surface area contributed by atoms with E-state index < -0.39 is 5.97 Å². The zero-order chi connectivity index (χ0) is 11.7. The van der Waals surface area contributed by atoms with Gasteiger partial charge in [-0.2, -0.15) is 0 Å². The summed E-state index contributed by atoms with van der Waals surface area (Å²) in [6.07, 6.45) is 2.09. The van der Waals surface area contributed by atoms with E-state index in [9.17, 15) is 4.79 Å². The second-order valence-corrected chi connectivity index (χ2v) is 3.14. The van der Waals surface area contributed by atoms with Gasteiger partial charge in [0.15, 0.2) is 0 Å². The van der Waals surface area contributed by atoms with Gasteiger partial charge >= 0.3 is 5.97 Å². The molecule has 15 heavy (non-hydrogen) atoms. The molecule has 0 bridgehead atoms. The van der Waals surface area contributed by atoms with Crippen LogP contribution in [0.15, 0.2) is 11.6 Å². The molecule has 0 spiro atoms. The monoisotopic (exact) mass is 217 g/mol. The van der Waals surface area contributed by atoms with Crippen molar-refractivity contribution in [3.63, 3.8) is 0 Å². The van der Waals surface area contributed by atoms with Gasteiger partial charge in [0.2, 0.25) is 0 Å². The summed E-state index contributed by atoms with van der Waals surface area (Å²) in [5.74, 6) is -0.912. The number of rotatable bonds is 8. The molecule has 0 aliphatic carbocycles. The zero-order valence-corrected chi connectivity index (χ0v) is 9.02. The smallest absolute Gasteiger partial charge is 0.331 e. The molecule has 0 atom stereocenters. The number of aliphatic hydroxyl groups excluding tert-OH is 2. The van der Waals surface area contributed by atoms with E-state index in [2.05, 4.69) is 0 Å². The molecule has 88 valence electrons. The Morgan fingerprint density at radius 3 is 2.13 bits per heavy atom. The Morgan fingerprint density at radius 1 is 1.27 bits per heavy atom. The van der Waals surface area contributed by atoms with E-state index in [1.165, 1.54) is 0 Å². The van der Waals surface area contributed by atoms with Crippen LogP contribution in [0.4, 0.5) is 0 Å².